The van der Waals surface area contributed by atoms with Crippen LogP contribution >= 0.6 is 0 Å². The van der Waals surface area contributed by atoms with Gasteiger partial charge < -0.3 is 20.9 Å². The number of primary amides is 1. The molecule has 4 N–H and O–H groups in total. The second kappa shape index (κ2) is 12.5. The number of aliphatic hydroxyl groups excluding tert-OH is 1. The molecule has 1 aliphatic rings. The molecule has 0 spiro atoms. The lowest BCUT2D eigenvalue weighted by Gasteiger charge is -2.24. The molecule has 0 saturated carbocycles. The molecule has 2 amide bonds. The van der Waals surface area contributed by atoms with Crippen LogP contribution in [0.3, 0.4) is 0 Å². The van der Waals surface area contributed by atoms with E-state index < -0.39 is 18.7 Å². The normalized spacial score (nSPS) is 16.7. The summed E-state index contributed by atoms with van der Waals surface area (Å²) in [5, 5.41) is 21.7. The first-order valence-corrected chi connectivity index (χ1v) is 11.7. The van der Waals surface area contributed by atoms with Crippen LogP contribution in [0, 0.1) is 0 Å². The molecule has 0 bridgehead atoms. The quantitative estimate of drug-likeness (QED) is 0.482. The first-order chi connectivity index (χ1) is 16.4. The topological polar surface area (TPSA) is 140 Å². The zero-order valence-electron chi connectivity index (χ0n) is 19.4. The number of nitrogens with zero attached hydrogens (tertiary/aromatic N) is 3. The van der Waals surface area contributed by atoms with Crippen molar-refractivity contribution in [3.05, 3.63) is 35.2 Å². The number of alkyl halides is 1. The Morgan fingerprint density at radius 2 is 2.06 bits per heavy atom. The van der Waals surface area contributed by atoms with Gasteiger partial charge in [-0.2, -0.15) is 5.10 Å². The summed E-state index contributed by atoms with van der Waals surface area (Å²) in [7, 11) is 0. The molecule has 1 aliphatic carbocycles. The third-order valence-corrected chi connectivity index (χ3v) is 5.83. The van der Waals surface area contributed by atoms with E-state index in [0.717, 1.165) is 24.0 Å². The number of nitrogens with one attached hydrogen (secondary N) is 1. The number of carbonyl (C=O) groups is 2. The molecule has 3 rings (SSSR count). The fraction of sp³-hybridized carbons (Fsp3) is 0.542. The van der Waals surface area contributed by atoms with Crippen LogP contribution in [0.2, 0.25) is 0 Å². The minimum Gasteiger partial charge on any atom is -0.387 e. The van der Waals surface area contributed by atoms with Crippen molar-refractivity contribution in [3.63, 3.8) is 0 Å². The molecule has 10 heteroatoms. The highest BCUT2D eigenvalue weighted by atomic mass is 19.1. The van der Waals surface area contributed by atoms with Crippen molar-refractivity contribution in [2.75, 3.05) is 18.6 Å². The maximum atomic E-state index is 12.6. The number of hydrogen-bond acceptors (Lipinski definition) is 7. The Balaban J connectivity index is 1.80. The lowest BCUT2D eigenvalue weighted by molar-refractivity contribution is -0.118. The lowest BCUT2D eigenvalue weighted by atomic mass is 9.88. The van der Waals surface area contributed by atoms with E-state index in [1.54, 1.807) is 25.3 Å². The zero-order chi connectivity index (χ0) is 24.5. The smallest absolute Gasteiger partial charge is 0.224 e. The summed E-state index contributed by atoms with van der Waals surface area (Å²) >= 11 is 0. The molecule has 2 aromatic rings. The number of aliphatic hydroxyl groups is 1. The minimum absolute atomic E-state index is 0.0278. The van der Waals surface area contributed by atoms with Crippen LogP contribution in [-0.2, 0) is 27.2 Å². The van der Waals surface area contributed by atoms with Crippen molar-refractivity contribution >= 4 is 17.5 Å². The van der Waals surface area contributed by atoms with Crippen LogP contribution in [0.15, 0.2) is 18.3 Å². The van der Waals surface area contributed by atoms with Crippen molar-refractivity contribution in [1.82, 2.24) is 15.2 Å². The number of rotatable bonds is 10. The molecule has 9 nitrogen and oxygen atoms in total. The molecule has 2 unspecified atom stereocenters. The van der Waals surface area contributed by atoms with E-state index in [0.29, 0.717) is 48.5 Å². The monoisotopic (exact) mass is 473 g/mol. The van der Waals surface area contributed by atoms with E-state index >= 15 is 0 Å². The molecule has 2 atom stereocenters. The Hall–Kier alpha value is -2.98. The van der Waals surface area contributed by atoms with Gasteiger partial charge in [-0.1, -0.05) is 0 Å². The van der Waals surface area contributed by atoms with Gasteiger partial charge in [0.15, 0.2) is 0 Å². The van der Waals surface area contributed by atoms with Gasteiger partial charge in [-0.25, -0.2) is 4.39 Å². The molecule has 0 aliphatic heterocycles. The molecule has 2 aromatic heterocycles. The molecule has 2 heterocycles. The first kappa shape index (κ1) is 25.6. The highest BCUT2D eigenvalue weighted by Crippen LogP contribution is 2.32. The second-order valence-corrected chi connectivity index (χ2v) is 8.48. The van der Waals surface area contributed by atoms with Crippen molar-refractivity contribution in [2.45, 2.75) is 70.5 Å². The molecule has 0 saturated heterocycles. The summed E-state index contributed by atoms with van der Waals surface area (Å²) in [6.45, 7) is 1.26. The van der Waals surface area contributed by atoms with Crippen molar-refractivity contribution in [2.24, 2.45) is 5.73 Å². The van der Waals surface area contributed by atoms with Gasteiger partial charge in [0.25, 0.3) is 0 Å². The van der Waals surface area contributed by atoms with Crippen LogP contribution in [-0.4, -0.2) is 51.5 Å². The van der Waals surface area contributed by atoms with Crippen LogP contribution in [0.25, 0.3) is 11.4 Å². The fourth-order valence-corrected chi connectivity index (χ4v) is 4.20. The number of nitrogens with two attached hydrogens (primary N) is 1. The third kappa shape index (κ3) is 7.01. The van der Waals surface area contributed by atoms with Gasteiger partial charge >= 0.3 is 0 Å². The van der Waals surface area contributed by atoms with E-state index in [1.807, 2.05) is 0 Å². The Labute approximate surface area is 198 Å². The number of halogens is 1. The molecule has 0 radical (unpaired) electrons. The Bertz CT molecular complexity index is 984. The zero-order valence-corrected chi connectivity index (χ0v) is 19.4. The minimum atomic E-state index is -0.742. The van der Waals surface area contributed by atoms with Crippen LogP contribution in [0.5, 0.6) is 0 Å². The number of aromatic nitrogens is 3. The van der Waals surface area contributed by atoms with Crippen molar-refractivity contribution in [1.29, 1.82) is 0 Å². The van der Waals surface area contributed by atoms with Gasteiger partial charge in [0.1, 0.15) is 12.4 Å². The summed E-state index contributed by atoms with van der Waals surface area (Å²) < 4.78 is 18.2. The van der Waals surface area contributed by atoms with Gasteiger partial charge in [-0.15, -0.1) is 5.10 Å². The molecular weight excluding hydrogens is 441 g/mol. The standard InChI is InChI=1S/C24H32FN5O4/c1-15(31)23-18-5-2-4-17(34-13-12-25)9-10-19(18)24(30-29-23)20-11-8-16(14-27-20)28-22(33)7-3-6-21(26)32/h8,11,14-15,17,31H,2-7,9-10,12-13H2,1H3,(H2,26,32)(H,28,33). The van der Waals surface area contributed by atoms with E-state index in [4.69, 9.17) is 10.5 Å². The number of ether oxygens (including phenoxy) is 1. The summed E-state index contributed by atoms with van der Waals surface area (Å²) in [6.07, 6.45) is 5.26. The van der Waals surface area contributed by atoms with Crippen LogP contribution in [0.4, 0.5) is 10.1 Å². The molecule has 34 heavy (non-hydrogen) atoms. The van der Waals surface area contributed by atoms with Crippen LogP contribution < -0.4 is 11.1 Å². The molecule has 0 aromatic carbocycles. The SMILES string of the molecule is CC(O)c1nnc(-c2ccc(NC(=O)CCCC(N)=O)cn2)c2c1CCCC(OCCF)CC2. The Morgan fingerprint density at radius 3 is 2.74 bits per heavy atom. The Kier molecular flexibility index (Phi) is 9.41. The highest BCUT2D eigenvalue weighted by Gasteiger charge is 2.24. The van der Waals surface area contributed by atoms with Crippen LogP contribution in [0.1, 0.15) is 68.4 Å². The third-order valence-electron chi connectivity index (χ3n) is 5.83. The number of anilines is 1. The van der Waals surface area contributed by atoms with Gasteiger partial charge in [0.05, 0.1) is 42.1 Å². The number of pyridine rings is 1. The Morgan fingerprint density at radius 1 is 1.24 bits per heavy atom. The number of carbonyl (C=O) groups excluding carboxylic acids is 2. The van der Waals surface area contributed by atoms with Gasteiger partial charge in [-0.05, 0) is 68.7 Å². The van der Waals surface area contributed by atoms with E-state index in [2.05, 4.69) is 20.5 Å². The number of amides is 2. The molecule has 0 fully saturated rings. The summed E-state index contributed by atoms with van der Waals surface area (Å²) in [6, 6.07) is 3.50. The summed E-state index contributed by atoms with van der Waals surface area (Å²) in [4.78, 5) is 27.3. The van der Waals surface area contributed by atoms with E-state index in [-0.39, 0.29) is 31.5 Å². The van der Waals surface area contributed by atoms with Gasteiger partial charge in [0, 0.05) is 12.8 Å². The summed E-state index contributed by atoms with van der Waals surface area (Å²) in [5.41, 5.74) is 9.39. The molecular formula is C24H32FN5O4. The fourth-order valence-electron chi connectivity index (χ4n) is 4.20. The highest BCUT2D eigenvalue weighted by molar-refractivity contribution is 5.91. The van der Waals surface area contributed by atoms with Crippen molar-refractivity contribution < 1.29 is 23.8 Å². The maximum Gasteiger partial charge on any atom is 0.224 e. The predicted octanol–water partition coefficient (Wildman–Crippen LogP) is 2.81. The van der Waals surface area contributed by atoms with Gasteiger partial charge in [-0.3, -0.25) is 14.6 Å². The van der Waals surface area contributed by atoms with Crippen molar-refractivity contribution in [3.8, 4) is 11.4 Å². The average Bonchev–Trinajstić information content (AvgIpc) is 2.78. The summed E-state index contributed by atoms with van der Waals surface area (Å²) in [5.74, 6) is -0.655. The maximum absolute atomic E-state index is 12.6. The average molecular weight is 474 g/mol. The lowest BCUT2D eigenvalue weighted by Crippen LogP contribution is -2.21. The van der Waals surface area contributed by atoms with Gasteiger partial charge in [0.2, 0.25) is 11.8 Å². The molecule has 184 valence electrons. The number of hydrogen-bond donors (Lipinski definition) is 3. The first-order valence-electron chi connectivity index (χ1n) is 11.7. The second-order valence-electron chi connectivity index (χ2n) is 8.48. The number of fused-ring (bicyclic) bond motifs is 1. The predicted molar refractivity (Wildman–Crippen MR) is 125 cm³/mol. The van der Waals surface area contributed by atoms with E-state index in [9.17, 15) is 19.1 Å². The van der Waals surface area contributed by atoms with E-state index in [1.165, 1.54) is 0 Å². The largest absolute Gasteiger partial charge is 0.387 e.